The van der Waals surface area contributed by atoms with Gasteiger partial charge < -0.3 is 9.47 Å². The standard InChI is InChI=1S/C16H17BrN2O3/c1-4-19-16(13(17)10-18-19)14(20)7-5-11-9-12(21-2)6-8-15(11)22-3/h5-10H,4H2,1-3H3. The van der Waals surface area contributed by atoms with Gasteiger partial charge in [0.1, 0.15) is 17.2 Å². The van der Waals surface area contributed by atoms with Crippen LogP contribution in [-0.4, -0.2) is 29.8 Å². The SMILES string of the molecule is CCn1ncc(Br)c1C(=O)C=Cc1cc(OC)ccc1OC. The average Bonchev–Trinajstić information content (AvgIpc) is 2.93. The molecule has 0 aliphatic carbocycles. The van der Waals surface area contributed by atoms with Crippen LogP contribution >= 0.6 is 15.9 Å². The number of ether oxygens (including phenoxy) is 2. The van der Waals surface area contributed by atoms with Crippen LogP contribution in [0.2, 0.25) is 0 Å². The normalized spacial score (nSPS) is 10.9. The van der Waals surface area contributed by atoms with Crippen LogP contribution in [0, 0.1) is 0 Å². The Morgan fingerprint density at radius 2 is 2.14 bits per heavy atom. The number of benzene rings is 1. The Morgan fingerprint density at radius 3 is 2.77 bits per heavy atom. The number of hydrogen-bond donors (Lipinski definition) is 0. The van der Waals surface area contributed by atoms with Gasteiger partial charge >= 0.3 is 0 Å². The lowest BCUT2D eigenvalue weighted by atomic mass is 10.1. The summed E-state index contributed by atoms with van der Waals surface area (Å²) in [7, 11) is 3.18. The summed E-state index contributed by atoms with van der Waals surface area (Å²) >= 11 is 3.35. The van der Waals surface area contributed by atoms with E-state index in [4.69, 9.17) is 9.47 Å². The minimum absolute atomic E-state index is 0.129. The number of halogens is 1. The second kappa shape index (κ2) is 7.26. The van der Waals surface area contributed by atoms with Gasteiger partial charge in [-0.05, 0) is 53.2 Å². The fourth-order valence-corrected chi connectivity index (χ4v) is 2.55. The molecule has 1 aromatic heterocycles. The topological polar surface area (TPSA) is 53.4 Å². The Balaban J connectivity index is 2.31. The number of aryl methyl sites for hydroxylation is 1. The summed E-state index contributed by atoms with van der Waals surface area (Å²) in [6, 6.07) is 5.42. The Labute approximate surface area is 137 Å². The Morgan fingerprint density at radius 1 is 1.36 bits per heavy atom. The number of hydrogen-bond acceptors (Lipinski definition) is 4. The molecule has 6 heteroatoms. The van der Waals surface area contributed by atoms with Crippen molar-refractivity contribution in [1.29, 1.82) is 0 Å². The zero-order valence-electron chi connectivity index (χ0n) is 12.7. The van der Waals surface area contributed by atoms with E-state index in [-0.39, 0.29) is 5.78 Å². The van der Waals surface area contributed by atoms with E-state index in [1.807, 2.05) is 13.0 Å². The molecular weight excluding hydrogens is 348 g/mol. The molecule has 1 aromatic carbocycles. The van der Waals surface area contributed by atoms with E-state index in [0.29, 0.717) is 28.2 Å². The van der Waals surface area contributed by atoms with Crippen LogP contribution in [0.4, 0.5) is 0 Å². The van der Waals surface area contributed by atoms with Crippen LogP contribution in [0.3, 0.4) is 0 Å². The predicted octanol–water partition coefficient (Wildman–Crippen LogP) is 3.58. The molecule has 2 rings (SSSR count). The van der Waals surface area contributed by atoms with Crippen molar-refractivity contribution >= 4 is 27.8 Å². The second-order valence-electron chi connectivity index (χ2n) is 4.46. The number of carbonyl (C=O) groups excluding carboxylic acids is 1. The number of ketones is 1. The van der Waals surface area contributed by atoms with E-state index in [1.165, 1.54) is 6.08 Å². The molecule has 0 spiro atoms. The summed E-state index contributed by atoms with van der Waals surface area (Å²) in [5.41, 5.74) is 1.30. The molecule has 0 aliphatic heterocycles. The lowest BCUT2D eigenvalue weighted by Crippen LogP contribution is -2.07. The van der Waals surface area contributed by atoms with Crippen molar-refractivity contribution in [2.24, 2.45) is 0 Å². The summed E-state index contributed by atoms with van der Waals surface area (Å²) in [6.45, 7) is 2.56. The van der Waals surface area contributed by atoms with Gasteiger partial charge in [-0.1, -0.05) is 0 Å². The number of rotatable bonds is 6. The highest BCUT2D eigenvalue weighted by Crippen LogP contribution is 2.25. The van der Waals surface area contributed by atoms with E-state index in [2.05, 4.69) is 21.0 Å². The Kier molecular flexibility index (Phi) is 5.38. The van der Waals surface area contributed by atoms with Crippen molar-refractivity contribution < 1.29 is 14.3 Å². The van der Waals surface area contributed by atoms with Gasteiger partial charge in [-0.25, -0.2) is 0 Å². The highest BCUT2D eigenvalue weighted by atomic mass is 79.9. The summed E-state index contributed by atoms with van der Waals surface area (Å²) in [4.78, 5) is 12.4. The third-order valence-corrected chi connectivity index (χ3v) is 3.76. The quantitative estimate of drug-likeness (QED) is 0.580. The maximum Gasteiger partial charge on any atom is 0.205 e. The molecule has 0 unspecified atom stereocenters. The zero-order chi connectivity index (χ0) is 16.1. The molecule has 2 aromatic rings. The molecule has 0 N–H and O–H groups in total. The Hall–Kier alpha value is -2.08. The zero-order valence-corrected chi connectivity index (χ0v) is 14.3. The van der Waals surface area contributed by atoms with E-state index < -0.39 is 0 Å². The first-order valence-corrected chi connectivity index (χ1v) is 7.55. The number of carbonyl (C=O) groups is 1. The first kappa shape index (κ1) is 16.3. The second-order valence-corrected chi connectivity index (χ2v) is 5.32. The summed E-state index contributed by atoms with van der Waals surface area (Å²) < 4.78 is 12.8. The van der Waals surface area contributed by atoms with Crippen LogP contribution in [-0.2, 0) is 6.54 Å². The van der Waals surface area contributed by atoms with E-state index in [9.17, 15) is 4.79 Å². The highest BCUT2D eigenvalue weighted by molar-refractivity contribution is 9.10. The van der Waals surface area contributed by atoms with Crippen molar-refractivity contribution in [3.05, 3.63) is 46.2 Å². The van der Waals surface area contributed by atoms with Crippen molar-refractivity contribution in [1.82, 2.24) is 9.78 Å². The molecule has 22 heavy (non-hydrogen) atoms. The fourth-order valence-electron chi connectivity index (χ4n) is 2.06. The summed E-state index contributed by atoms with van der Waals surface area (Å²) in [5, 5.41) is 4.14. The van der Waals surface area contributed by atoms with E-state index in [1.54, 1.807) is 43.3 Å². The summed E-state index contributed by atoms with van der Waals surface area (Å²) in [5.74, 6) is 1.25. The van der Waals surface area contributed by atoms with Crippen LogP contribution in [0.25, 0.3) is 6.08 Å². The molecule has 0 amide bonds. The minimum Gasteiger partial charge on any atom is -0.497 e. The number of allylic oxidation sites excluding steroid dienone is 1. The third kappa shape index (κ3) is 3.39. The smallest absolute Gasteiger partial charge is 0.205 e. The number of nitrogens with zero attached hydrogens (tertiary/aromatic N) is 2. The van der Waals surface area contributed by atoms with Gasteiger partial charge in [-0.3, -0.25) is 9.48 Å². The molecule has 0 fully saturated rings. The summed E-state index contributed by atoms with van der Waals surface area (Å²) in [6.07, 6.45) is 4.84. The van der Waals surface area contributed by atoms with Gasteiger partial charge in [0.25, 0.3) is 0 Å². The Bertz CT molecular complexity index is 707. The van der Waals surface area contributed by atoms with Crippen LogP contribution < -0.4 is 9.47 Å². The molecular formula is C16H17BrN2O3. The molecule has 0 aliphatic rings. The lowest BCUT2D eigenvalue weighted by molar-refractivity contribution is 0.103. The van der Waals surface area contributed by atoms with E-state index in [0.717, 1.165) is 5.56 Å². The van der Waals surface area contributed by atoms with Crippen LogP contribution in [0.15, 0.2) is 34.9 Å². The maximum atomic E-state index is 12.4. The lowest BCUT2D eigenvalue weighted by Gasteiger charge is -2.07. The first-order chi connectivity index (χ1) is 10.6. The molecule has 1 heterocycles. The molecule has 0 bridgehead atoms. The van der Waals surface area contributed by atoms with Gasteiger partial charge in [-0.15, -0.1) is 0 Å². The van der Waals surface area contributed by atoms with Gasteiger partial charge in [0.15, 0.2) is 0 Å². The van der Waals surface area contributed by atoms with Gasteiger partial charge in [0.05, 0.1) is 24.9 Å². The highest BCUT2D eigenvalue weighted by Gasteiger charge is 2.14. The predicted molar refractivity (Wildman–Crippen MR) is 88.5 cm³/mol. The van der Waals surface area contributed by atoms with Gasteiger partial charge in [-0.2, -0.15) is 5.10 Å². The largest absolute Gasteiger partial charge is 0.497 e. The average molecular weight is 365 g/mol. The molecule has 116 valence electrons. The van der Waals surface area contributed by atoms with E-state index >= 15 is 0 Å². The van der Waals surface area contributed by atoms with Crippen LogP contribution in [0.5, 0.6) is 11.5 Å². The van der Waals surface area contributed by atoms with Gasteiger partial charge in [0.2, 0.25) is 5.78 Å². The maximum absolute atomic E-state index is 12.4. The molecule has 0 atom stereocenters. The number of methoxy groups -OCH3 is 2. The molecule has 0 saturated carbocycles. The van der Waals surface area contributed by atoms with Gasteiger partial charge in [0, 0.05) is 12.1 Å². The fraction of sp³-hybridized carbons (Fsp3) is 0.250. The van der Waals surface area contributed by atoms with Crippen molar-refractivity contribution in [2.45, 2.75) is 13.5 Å². The van der Waals surface area contributed by atoms with Crippen LogP contribution in [0.1, 0.15) is 23.0 Å². The minimum atomic E-state index is -0.129. The van der Waals surface area contributed by atoms with Crippen molar-refractivity contribution in [2.75, 3.05) is 14.2 Å². The monoisotopic (exact) mass is 364 g/mol. The third-order valence-electron chi connectivity index (χ3n) is 3.18. The van der Waals surface area contributed by atoms with Crippen molar-refractivity contribution in [3.8, 4) is 11.5 Å². The molecule has 0 saturated heterocycles. The number of aromatic nitrogens is 2. The molecule has 0 radical (unpaired) electrons. The van der Waals surface area contributed by atoms with Crippen molar-refractivity contribution in [3.63, 3.8) is 0 Å². The molecule has 5 nitrogen and oxygen atoms in total. The first-order valence-electron chi connectivity index (χ1n) is 6.76.